The number of fused-ring (bicyclic) bond motifs is 6. The first kappa shape index (κ1) is 33.8. The third-order valence-corrected chi connectivity index (χ3v) is 11.3. The lowest BCUT2D eigenvalue weighted by Gasteiger charge is -2.29. The maximum atomic E-state index is 5.68. The van der Waals surface area contributed by atoms with E-state index in [2.05, 4.69) is 106 Å². The summed E-state index contributed by atoms with van der Waals surface area (Å²) in [5, 5.41) is 14.2. The summed E-state index contributed by atoms with van der Waals surface area (Å²) in [6.45, 7) is 0.760. The molecule has 10 aromatic rings. The number of allylic oxidation sites excluding steroid dienone is 5. The number of hydrogen-bond acceptors (Lipinski definition) is 9. The molecule has 12 rings (SSSR count). The summed E-state index contributed by atoms with van der Waals surface area (Å²) in [5.74, 6) is 0. The highest BCUT2D eigenvalue weighted by atomic mass is 15.1. The highest BCUT2D eigenvalue weighted by molar-refractivity contribution is 6.11. The molecule has 0 amide bonds. The molecule has 9 heteroatoms. The third-order valence-electron chi connectivity index (χ3n) is 11.3. The highest BCUT2D eigenvalue weighted by Gasteiger charge is 2.29. The predicted octanol–water partition coefficient (Wildman–Crippen LogP) is 10.9. The van der Waals surface area contributed by atoms with Crippen LogP contribution in [0, 0.1) is 0 Å². The molecule has 0 fully saturated rings. The number of nitrogens with zero attached hydrogens (tertiary/aromatic N) is 9. The maximum Gasteiger partial charge on any atom is 0.121 e. The van der Waals surface area contributed by atoms with E-state index >= 15 is 0 Å². The van der Waals surface area contributed by atoms with E-state index in [0.717, 1.165) is 89.4 Å². The second kappa shape index (κ2) is 13.7. The summed E-state index contributed by atoms with van der Waals surface area (Å²) < 4.78 is 0. The van der Waals surface area contributed by atoms with E-state index in [0.29, 0.717) is 33.8 Å². The molecule has 2 aliphatic rings. The van der Waals surface area contributed by atoms with Gasteiger partial charge < -0.3 is 4.90 Å². The van der Waals surface area contributed by atoms with Crippen LogP contribution in [0.1, 0.15) is 5.56 Å². The first-order valence-corrected chi connectivity index (χ1v) is 19.8. The Hall–Kier alpha value is -8.30. The molecule has 0 aliphatic carbocycles. The molecule has 2 aliphatic heterocycles. The maximum absolute atomic E-state index is 5.68. The SMILES string of the molecule is C1=CC2=C(c3cc4nc(-c5ccc6ncccc6n5)c(-c5nncc6ccccc56)nc4c(-c4ccc5ccccc5n4)c3-c3nccc4ccccc34)C=CCN2C=C1. The van der Waals surface area contributed by atoms with Crippen LogP contribution in [-0.2, 0) is 0 Å². The Morgan fingerprint density at radius 3 is 2.23 bits per heavy atom. The largest absolute Gasteiger partial charge is 0.344 e. The van der Waals surface area contributed by atoms with Gasteiger partial charge in [-0.1, -0.05) is 91.0 Å². The third kappa shape index (κ3) is 5.48. The summed E-state index contributed by atoms with van der Waals surface area (Å²) in [6.07, 6.45) is 18.3. The van der Waals surface area contributed by atoms with E-state index in [9.17, 15) is 0 Å². The van der Waals surface area contributed by atoms with E-state index in [1.807, 2.05) is 72.9 Å². The Bertz CT molecular complexity index is 3540. The standard InChI is InChI=1S/C51H31N9/c1-4-14-34-31(11-1)24-26-53-47(34)45-37(36-16-10-28-60-27-8-7-19-44(36)60)29-43-49(46(45)41-21-20-32-12-3-6-17-38(32)55-41)58-51(48-35-15-5-2-13-33(35)30-54-59-48)50(57-43)42-23-22-39-40(56-42)18-9-25-52-39/h1-27,29-30H,28H2. The quantitative estimate of drug-likeness (QED) is 0.169. The molecule has 0 saturated heterocycles. The van der Waals surface area contributed by atoms with Crippen LogP contribution >= 0.6 is 0 Å². The predicted molar refractivity (Wildman–Crippen MR) is 239 cm³/mol. The number of pyridine rings is 4. The van der Waals surface area contributed by atoms with Crippen molar-refractivity contribution in [2.75, 3.05) is 6.54 Å². The molecule has 0 atom stereocenters. The molecule has 0 spiro atoms. The molecule has 0 unspecified atom stereocenters. The summed E-state index contributed by atoms with van der Waals surface area (Å²) in [4.78, 5) is 33.8. The second-order valence-corrected chi connectivity index (χ2v) is 14.8. The number of para-hydroxylation sites is 1. The molecule has 6 aromatic heterocycles. The Morgan fingerprint density at radius 2 is 1.30 bits per heavy atom. The number of rotatable bonds is 5. The monoisotopic (exact) mass is 769 g/mol. The zero-order valence-corrected chi connectivity index (χ0v) is 32.0. The zero-order chi connectivity index (χ0) is 39.6. The van der Waals surface area contributed by atoms with Gasteiger partial charge in [-0.05, 0) is 71.6 Å². The van der Waals surface area contributed by atoms with Gasteiger partial charge >= 0.3 is 0 Å². The Morgan fingerprint density at radius 1 is 0.500 bits per heavy atom. The van der Waals surface area contributed by atoms with Crippen molar-refractivity contribution < 1.29 is 0 Å². The summed E-state index contributed by atoms with van der Waals surface area (Å²) in [5.41, 5.74) is 12.5. The van der Waals surface area contributed by atoms with E-state index in [4.69, 9.17) is 30.0 Å². The average molecular weight is 770 g/mol. The van der Waals surface area contributed by atoms with Crippen molar-refractivity contribution in [1.29, 1.82) is 0 Å². The van der Waals surface area contributed by atoms with Crippen LogP contribution in [0.4, 0.5) is 0 Å². The number of hydrogen-bond donors (Lipinski definition) is 0. The summed E-state index contributed by atoms with van der Waals surface area (Å²) in [7, 11) is 0. The molecule has 60 heavy (non-hydrogen) atoms. The molecule has 0 saturated carbocycles. The van der Waals surface area contributed by atoms with Gasteiger partial charge in [-0.2, -0.15) is 5.10 Å². The molecular formula is C51H31N9. The van der Waals surface area contributed by atoms with Gasteiger partial charge in [0.2, 0.25) is 0 Å². The van der Waals surface area contributed by atoms with Crippen molar-refractivity contribution >= 4 is 60.1 Å². The molecule has 280 valence electrons. The minimum atomic E-state index is 0.556. The summed E-state index contributed by atoms with van der Waals surface area (Å²) in [6, 6.07) is 40.9. The van der Waals surface area contributed by atoms with E-state index in [1.54, 1.807) is 12.4 Å². The van der Waals surface area contributed by atoms with Crippen LogP contribution in [0.3, 0.4) is 0 Å². The van der Waals surface area contributed by atoms with Crippen LogP contribution in [0.2, 0.25) is 0 Å². The molecule has 0 radical (unpaired) electrons. The van der Waals surface area contributed by atoms with Gasteiger partial charge in [0.15, 0.2) is 0 Å². The minimum absolute atomic E-state index is 0.556. The fourth-order valence-corrected chi connectivity index (χ4v) is 8.54. The van der Waals surface area contributed by atoms with Crippen LogP contribution in [0.15, 0.2) is 182 Å². The minimum Gasteiger partial charge on any atom is -0.344 e. The second-order valence-electron chi connectivity index (χ2n) is 14.8. The zero-order valence-electron chi connectivity index (χ0n) is 32.0. The lowest BCUT2D eigenvalue weighted by molar-refractivity contribution is 0.527. The fourth-order valence-electron chi connectivity index (χ4n) is 8.54. The van der Waals surface area contributed by atoms with Crippen LogP contribution < -0.4 is 0 Å². The Labute approximate surface area is 343 Å². The molecule has 0 bridgehead atoms. The average Bonchev–Trinajstić information content (AvgIpc) is 3.32. The fraction of sp³-hybridized carbons (Fsp3) is 0.0196. The van der Waals surface area contributed by atoms with Crippen LogP contribution in [0.25, 0.3) is 105 Å². The van der Waals surface area contributed by atoms with Crippen molar-refractivity contribution in [3.8, 4) is 45.3 Å². The van der Waals surface area contributed by atoms with Gasteiger partial charge in [-0.3, -0.25) is 9.97 Å². The van der Waals surface area contributed by atoms with Crippen molar-refractivity contribution in [2.24, 2.45) is 0 Å². The van der Waals surface area contributed by atoms with Gasteiger partial charge in [-0.25, -0.2) is 19.9 Å². The van der Waals surface area contributed by atoms with E-state index in [-0.39, 0.29) is 0 Å². The Balaban J connectivity index is 1.28. The number of benzene rings is 4. The number of aromatic nitrogens is 8. The van der Waals surface area contributed by atoms with Gasteiger partial charge in [0.25, 0.3) is 0 Å². The van der Waals surface area contributed by atoms with Crippen LogP contribution in [0.5, 0.6) is 0 Å². The van der Waals surface area contributed by atoms with Crippen molar-refractivity contribution in [3.05, 3.63) is 188 Å². The van der Waals surface area contributed by atoms with Crippen molar-refractivity contribution in [1.82, 2.24) is 45.0 Å². The molecular weight excluding hydrogens is 739 g/mol. The first-order valence-electron chi connectivity index (χ1n) is 19.8. The summed E-state index contributed by atoms with van der Waals surface area (Å²) >= 11 is 0. The topological polar surface area (TPSA) is 106 Å². The molecule has 9 nitrogen and oxygen atoms in total. The molecule has 0 N–H and O–H groups in total. The first-order chi connectivity index (χ1) is 29.7. The lowest BCUT2D eigenvalue weighted by Crippen LogP contribution is -2.21. The lowest BCUT2D eigenvalue weighted by atomic mass is 9.86. The van der Waals surface area contributed by atoms with Gasteiger partial charge in [0.05, 0.1) is 50.9 Å². The van der Waals surface area contributed by atoms with Crippen LogP contribution in [-0.4, -0.2) is 51.5 Å². The van der Waals surface area contributed by atoms with Gasteiger partial charge in [-0.15, -0.1) is 5.10 Å². The molecule has 8 heterocycles. The van der Waals surface area contributed by atoms with Gasteiger partial charge in [0, 0.05) is 69.1 Å². The smallest absolute Gasteiger partial charge is 0.121 e. The van der Waals surface area contributed by atoms with Crippen molar-refractivity contribution in [2.45, 2.75) is 0 Å². The highest BCUT2D eigenvalue weighted by Crippen LogP contribution is 2.47. The van der Waals surface area contributed by atoms with Crippen molar-refractivity contribution in [3.63, 3.8) is 0 Å². The molecule has 4 aromatic carbocycles. The van der Waals surface area contributed by atoms with E-state index in [1.165, 1.54) is 0 Å². The van der Waals surface area contributed by atoms with E-state index < -0.39 is 0 Å². The van der Waals surface area contributed by atoms with Gasteiger partial charge in [0.1, 0.15) is 17.1 Å². The Kier molecular flexibility index (Phi) is 7.70. The normalized spacial score (nSPS) is 13.6.